The molecule has 0 saturated carbocycles. The second-order valence-electron chi connectivity index (χ2n) is 5.58. The van der Waals surface area contributed by atoms with E-state index < -0.39 is 37.2 Å². The highest BCUT2D eigenvalue weighted by Gasteiger charge is 2.29. The van der Waals surface area contributed by atoms with Crippen LogP contribution in [0.5, 0.6) is 5.75 Å². The molecule has 10 heteroatoms. The van der Waals surface area contributed by atoms with Gasteiger partial charge in [0.15, 0.2) is 6.61 Å². The van der Waals surface area contributed by atoms with Gasteiger partial charge >= 0.3 is 6.18 Å². The van der Waals surface area contributed by atoms with Crippen LogP contribution in [-0.4, -0.2) is 37.2 Å². The van der Waals surface area contributed by atoms with Gasteiger partial charge in [-0.25, -0.2) is 0 Å². The van der Waals surface area contributed by atoms with E-state index in [1.54, 1.807) is 13.8 Å². The first kappa shape index (κ1) is 21.0. The molecular weight excluding hydrogens is 363 g/mol. The van der Waals surface area contributed by atoms with E-state index in [9.17, 15) is 22.8 Å². The van der Waals surface area contributed by atoms with Crippen molar-refractivity contribution in [3.05, 3.63) is 23.2 Å². The van der Waals surface area contributed by atoms with E-state index in [1.807, 2.05) is 0 Å². The van der Waals surface area contributed by atoms with E-state index in [2.05, 4.69) is 15.4 Å². The maximum Gasteiger partial charge on any atom is 0.422 e. The number of hydrogen-bond acceptors (Lipinski definition) is 4. The van der Waals surface area contributed by atoms with Crippen molar-refractivity contribution in [2.24, 2.45) is 11.7 Å². The third-order valence-electron chi connectivity index (χ3n) is 3.05. The van der Waals surface area contributed by atoms with Gasteiger partial charge in [0, 0.05) is 5.02 Å². The van der Waals surface area contributed by atoms with Crippen LogP contribution in [-0.2, 0) is 9.59 Å². The molecular formula is C15H19ClF3N3O3. The van der Waals surface area contributed by atoms with E-state index in [0.717, 1.165) is 0 Å². The standard InChI is InChI=1S/C15H19ClF3N3O3/c1-8(2)13(20)14(24)21-6-12(23)22-10-5-9(16)3-4-11(10)25-7-15(17,18)19/h3-5,8,13H,6-7,20H2,1-2H3,(H,21,24)(H,22,23)/t13-/m0/s1. The summed E-state index contributed by atoms with van der Waals surface area (Å²) in [5.74, 6) is -1.48. The molecule has 6 nitrogen and oxygen atoms in total. The van der Waals surface area contributed by atoms with Crippen LogP contribution in [0.15, 0.2) is 18.2 Å². The fraction of sp³-hybridized carbons (Fsp3) is 0.467. The predicted molar refractivity (Wildman–Crippen MR) is 87.5 cm³/mol. The van der Waals surface area contributed by atoms with Crippen molar-refractivity contribution >= 4 is 29.1 Å². The maximum absolute atomic E-state index is 12.3. The number of carbonyl (C=O) groups is 2. The van der Waals surface area contributed by atoms with Crippen LogP contribution in [0.1, 0.15) is 13.8 Å². The number of amides is 2. The number of benzene rings is 1. The molecule has 0 saturated heterocycles. The van der Waals surface area contributed by atoms with Gasteiger partial charge in [-0.1, -0.05) is 25.4 Å². The van der Waals surface area contributed by atoms with Crippen LogP contribution in [0.25, 0.3) is 0 Å². The second kappa shape index (κ2) is 8.91. The van der Waals surface area contributed by atoms with Crippen molar-refractivity contribution in [1.29, 1.82) is 0 Å². The second-order valence-corrected chi connectivity index (χ2v) is 6.02. The summed E-state index contributed by atoms with van der Waals surface area (Å²) in [4.78, 5) is 23.6. The summed E-state index contributed by atoms with van der Waals surface area (Å²) in [6, 6.07) is 3.00. The van der Waals surface area contributed by atoms with Gasteiger partial charge in [-0.15, -0.1) is 0 Å². The normalized spacial score (nSPS) is 12.6. The Morgan fingerprint density at radius 1 is 1.32 bits per heavy atom. The van der Waals surface area contributed by atoms with Crippen molar-refractivity contribution in [3.63, 3.8) is 0 Å². The zero-order chi connectivity index (χ0) is 19.2. The Balaban J connectivity index is 2.69. The van der Waals surface area contributed by atoms with Gasteiger partial charge in [-0.3, -0.25) is 9.59 Å². The summed E-state index contributed by atoms with van der Waals surface area (Å²) >= 11 is 5.78. The van der Waals surface area contributed by atoms with Crippen LogP contribution < -0.4 is 21.1 Å². The SMILES string of the molecule is CC(C)[C@H](N)C(=O)NCC(=O)Nc1cc(Cl)ccc1OCC(F)(F)F. The van der Waals surface area contributed by atoms with Crippen molar-refractivity contribution in [2.45, 2.75) is 26.1 Å². The van der Waals surface area contributed by atoms with Gasteiger partial charge in [-0.05, 0) is 24.1 Å². The third kappa shape index (κ3) is 7.61. The van der Waals surface area contributed by atoms with E-state index in [4.69, 9.17) is 17.3 Å². The molecule has 0 aliphatic carbocycles. The Hall–Kier alpha value is -2.00. The Labute approximate surface area is 147 Å². The number of ether oxygens (including phenoxy) is 1. The predicted octanol–water partition coefficient (Wildman–Crippen LogP) is 2.32. The van der Waals surface area contributed by atoms with Crippen LogP contribution >= 0.6 is 11.6 Å². The number of nitrogens with two attached hydrogens (primary N) is 1. The van der Waals surface area contributed by atoms with E-state index >= 15 is 0 Å². The number of anilines is 1. The highest BCUT2D eigenvalue weighted by Crippen LogP contribution is 2.29. The fourth-order valence-electron chi connectivity index (χ4n) is 1.67. The summed E-state index contributed by atoms with van der Waals surface area (Å²) in [6.45, 7) is 1.59. The molecule has 0 aromatic heterocycles. The highest BCUT2D eigenvalue weighted by molar-refractivity contribution is 6.31. The Kier molecular flexibility index (Phi) is 7.50. The maximum atomic E-state index is 12.3. The lowest BCUT2D eigenvalue weighted by Crippen LogP contribution is -2.46. The van der Waals surface area contributed by atoms with Gasteiger partial charge < -0.3 is 21.1 Å². The van der Waals surface area contributed by atoms with E-state index in [1.165, 1.54) is 18.2 Å². The largest absolute Gasteiger partial charge is 0.482 e. The third-order valence-corrected chi connectivity index (χ3v) is 3.29. The Morgan fingerprint density at radius 2 is 1.96 bits per heavy atom. The number of alkyl halides is 3. The van der Waals surface area contributed by atoms with E-state index in [0.29, 0.717) is 0 Å². The van der Waals surface area contributed by atoms with Gasteiger partial charge in [0.2, 0.25) is 11.8 Å². The van der Waals surface area contributed by atoms with Gasteiger partial charge in [0.1, 0.15) is 5.75 Å². The number of halogens is 4. The molecule has 0 aliphatic heterocycles. The first-order chi connectivity index (χ1) is 11.5. The molecule has 0 aliphatic rings. The fourth-order valence-corrected chi connectivity index (χ4v) is 1.84. The van der Waals surface area contributed by atoms with Crippen molar-refractivity contribution < 1.29 is 27.5 Å². The molecule has 0 bridgehead atoms. The summed E-state index contributed by atoms with van der Waals surface area (Å²) in [5, 5.41) is 4.88. The summed E-state index contributed by atoms with van der Waals surface area (Å²) in [6.07, 6.45) is -4.53. The molecule has 1 rings (SSSR count). The molecule has 1 aromatic rings. The first-order valence-electron chi connectivity index (χ1n) is 7.32. The molecule has 1 aromatic carbocycles. The molecule has 0 heterocycles. The Bertz CT molecular complexity index is 624. The smallest absolute Gasteiger partial charge is 0.422 e. The molecule has 0 unspecified atom stereocenters. The zero-order valence-corrected chi connectivity index (χ0v) is 14.4. The van der Waals surface area contributed by atoms with Crippen molar-refractivity contribution in [3.8, 4) is 5.75 Å². The molecule has 140 valence electrons. The average molecular weight is 382 g/mol. The number of rotatable bonds is 7. The first-order valence-corrected chi connectivity index (χ1v) is 7.69. The van der Waals surface area contributed by atoms with Crippen molar-refractivity contribution in [2.75, 3.05) is 18.5 Å². The molecule has 2 amide bonds. The van der Waals surface area contributed by atoms with Crippen LogP contribution in [0, 0.1) is 5.92 Å². The van der Waals surface area contributed by atoms with E-state index in [-0.39, 0.29) is 22.4 Å². The number of carbonyl (C=O) groups excluding carboxylic acids is 2. The Morgan fingerprint density at radius 3 is 2.52 bits per heavy atom. The molecule has 4 N–H and O–H groups in total. The number of hydrogen-bond donors (Lipinski definition) is 3. The van der Waals surface area contributed by atoms with Crippen LogP contribution in [0.4, 0.5) is 18.9 Å². The minimum atomic E-state index is -4.53. The summed E-state index contributed by atoms with van der Waals surface area (Å²) in [5.41, 5.74) is 5.60. The topological polar surface area (TPSA) is 93.5 Å². The van der Waals surface area contributed by atoms with Crippen molar-refractivity contribution in [1.82, 2.24) is 5.32 Å². The van der Waals surface area contributed by atoms with Gasteiger partial charge in [0.05, 0.1) is 18.3 Å². The van der Waals surface area contributed by atoms with Gasteiger partial charge in [0.25, 0.3) is 0 Å². The lowest BCUT2D eigenvalue weighted by Gasteiger charge is -2.16. The van der Waals surface area contributed by atoms with Gasteiger partial charge in [-0.2, -0.15) is 13.2 Å². The molecule has 0 radical (unpaired) electrons. The highest BCUT2D eigenvalue weighted by atomic mass is 35.5. The van der Waals surface area contributed by atoms with Crippen LogP contribution in [0.2, 0.25) is 5.02 Å². The summed E-state index contributed by atoms with van der Waals surface area (Å²) < 4.78 is 41.4. The minimum Gasteiger partial charge on any atom is -0.482 e. The lowest BCUT2D eigenvalue weighted by molar-refractivity contribution is -0.153. The monoisotopic (exact) mass is 381 g/mol. The zero-order valence-electron chi connectivity index (χ0n) is 13.6. The molecule has 0 spiro atoms. The quantitative estimate of drug-likeness (QED) is 0.675. The average Bonchev–Trinajstić information content (AvgIpc) is 2.50. The summed E-state index contributed by atoms with van der Waals surface area (Å²) in [7, 11) is 0. The lowest BCUT2D eigenvalue weighted by atomic mass is 10.1. The minimum absolute atomic E-state index is 0.0378. The number of nitrogens with one attached hydrogen (secondary N) is 2. The molecule has 1 atom stereocenters. The molecule has 25 heavy (non-hydrogen) atoms. The van der Waals surface area contributed by atoms with Crippen LogP contribution in [0.3, 0.4) is 0 Å². The molecule has 0 fully saturated rings.